The number of aromatic nitrogens is 2. The van der Waals surface area contributed by atoms with E-state index in [-0.39, 0.29) is 6.03 Å². The summed E-state index contributed by atoms with van der Waals surface area (Å²) < 4.78 is 7.66. The standard InChI is InChI=1S/C29H26Cl2N4O2/c30-22-6-3-19(4-7-22)2-1-12-34-13-10-25-23(16-34)28-24-18-37-17-21(24)5-8-26(28)35(25)29(36)33-15-20-9-11-32-27(31)14-20/h1-9,11,14H,10,12-13,15-18H2,(H,33,36)/b2-1+. The van der Waals surface area contributed by atoms with Crippen LogP contribution in [0.5, 0.6) is 0 Å². The minimum absolute atomic E-state index is 0.130. The lowest BCUT2D eigenvalue weighted by molar-refractivity contribution is 0.135. The highest BCUT2D eigenvalue weighted by molar-refractivity contribution is 6.30. The minimum Gasteiger partial charge on any atom is -0.372 e. The number of carbonyl (C=O) groups is 1. The molecule has 37 heavy (non-hydrogen) atoms. The van der Waals surface area contributed by atoms with Gasteiger partial charge in [0, 0.05) is 54.9 Å². The predicted octanol–water partition coefficient (Wildman–Crippen LogP) is 6.20. The van der Waals surface area contributed by atoms with Crippen molar-refractivity contribution in [2.24, 2.45) is 0 Å². The Morgan fingerprint density at radius 1 is 1.08 bits per heavy atom. The Labute approximate surface area is 225 Å². The number of fused-ring (bicyclic) bond motifs is 5. The van der Waals surface area contributed by atoms with Crippen LogP contribution in [0.2, 0.25) is 10.2 Å². The molecule has 2 aliphatic rings. The Kier molecular flexibility index (Phi) is 6.74. The van der Waals surface area contributed by atoms with Crippen molar-refractivity contribution in [2.45, 2.75) is 32.7 Å². The molecular weight excluding hydrogens is 507 g/mol. The number of nitrogens with zero attached hydrogens (tertiary/aromatic N) is 3. The average Bonchev–Trinajstić information content (AvgIpc) is 3.50. The van der Waals surface area contributed by atoms with Crippen molar-refractivity contribution in [1.82, 2.24) is 19.8 Å². The van der Waals surface area contributed by atoms with E-state index in [2.05, 4.69) is 39.5 Å². The van der Waals surface area contributed by atoms with Gasteiger partial charge in [0.15, 0.2) is 0 Å². The Morgan fingerprint density at radius 2 is 1.95 bits per heavy atom. The van der Waals surface area contributed by atoms with Gasteiger partial charge in [0.25, 0.3) is 0 Å². The number of carbonyl (C=O) groups excluding carboxylic acids is 1. The molecule has 0 radical (unpaired) electrons. The number of amides is 1. The smallest absolute Gasteiger partial charge is 0.326 e. The van der Waals surface area contributed by atoms with Gasteiger partial charge in [-0.3, -0.25) is 9.47 Å². The molecule has 6 nitrogen and oxygen atoms in total. The van der Waals surface area contributed by atoms with Gasteiger partial charge in [0.2, 0.25) is 0 Å². The van der Waals surface area contributed by atoms with Gasteiger partial charge in [-0.15, -0.1) is 0 Å². The van der Waals surface area contributed by atoms with Crippen LogP contribution in [0.25, 0.3) is 17.0 Å². The van der Waals surface area contributed by atoms with Crippen LogP contribution in [0.1, 0.15) is 33.5 Å². The van der Waals surface area contributed by atoms with Gasteiger partial charge in [-0.25, -0.2) is 9.78 Å². The molecule has 0 spiro atoms. The molecule has 8 heteroatoms. The summed E-state index contributed by atoms with van der Waals surface area (Å²) in [6, 6.07) is 15.5. The SMILES string of the molecule is O=C(NCc1ccnc(Cl)c1)n1c2c(c3c4c(ccc31)COC4)CN(C/C=C/c1ccc(Cl)cc1)CC2. The quantitative estimate of drug-likeness (QED) is 0.310. The first-order valence-corrected chi connectivity index (χ1v) is 13.1. The normalized spacial score (nSPS) is 15.3. The van der Waals surface area contributed by atoms with Gasteiger partial charge in [0.05, 0.1) is 18.7 Å². The molecule has 1 amide bonds. The molecule has 0 fully saturated rings. The van der Waals surface area contributed by atoms with E-state index in [1.807, 2.05) is 34.9 Å². The van der Waals surface area contributed by atoms with E-state index in [1.165, 1.54) is 22.1 Å². The number of halogens is 2. The summed E-state index contributed by atoms with van der Waals surface area (Å²) in [5, 5.41) is 5.40. The second kappa shape index (κ2) is 10.3. The number of hydrogen-bond donors (Lipinski definition) is 1. The highest BCUT2D eigenvalue weighted by Crippen LogP contribution is 2.37. The molecular formula is C29H26Cl2N4O2. The van der Waals surface area contributed by atoms with Crippen molar-refractivity contribution in [3.63, 3.8) is 0 Å². The summed E-state index contributed by atoms with van der Waals surface area (Å²) >= 11 is 12.0. The molecule has 188 valence electrons. The summed E-state index contributed by atoms with van der Waals surface area (Å²) in [6.07, 6.45) is 6.76. The fraction of sp³-hybridized carbons (Fsp3) is 0.241. The van der Waals surface area contributed by atoms with Crippen molar-refractivity contribution in [2.75, 3.05) is 13.1 Å². The Balaban J connectivity index is 1.28. The third-order valence-corrected chi connectivity index (χ3v) is 7.54. The topological polar surface area (TPSA) is 59.4 Å². The molecule has 0 unspecified atom stereocenters. The van der Waals surface area contributed by atoms with Crippen LogP contribution in [0, 0.1) is 0 Å². The van der Waals surface area contributed by atoms with E-state index < -0.39 is 0 Å². The van der Waals surface area contributed by atoms with Crippen LogP contribution >= 0.6 is 23.2 Å². The zero-order chi connectivity index (χ0) is 25.4. The number of hydrogen-bond acceptors (Lipinski definition) is 4. The fourth-order valence-electron chi connectivity index (χ4n) is 5.30. The van der Waals surface area contributed by atoms with Gasteiger partial charge < -0.3 is 10.1 Å². The Hall–Kier alpha value is -3.16. The maximum atomic E-state index is 13.5. The van der Waals surface area contributed by atoms with Crippen molar-refractivity contribution in [1.29, 1.82) is 0 Å². The number of nitrogens with one attached hydrogen (secondary N) is 1. The second-order valence-corrected chi connectivity index (χ2v) is 10.3. The first-order chi connectivity index (χ1) is 18.1. The lowest BCUT2D eigenvalue weighted by atomic mass is 9.98. The molecule has 6 rings (SSSR count). The summed E-state index contributed by atoms with van der Waals surface area (Å²) in [7, 11) is 0. The largest absolute Gasteiger partial charge is 0.372 e. The van der Waals surface area contributed by atoms with E-state index in [0.29, 0.717) is 24.9 Å². The van der Waals surface area contributed by atoms with E-state index in [4.69, 9.17) is 27.9 Å². The van der Waals surface area contributed by atoms with Gasteiger partial charge in [-0.2, -0.15) is 0 Å². The molecule has 0 saturated heterocycles. The molecule has 0 atom stereocenters. The summed E-state index contributed by atoms with van der Waals surface area (Å²) in [4.78, 5) is 20.0. The summed E-state index contributed by atoms with van der Waals surface area (Å²) in [6.45, 7) is 4.07. The molecule has 4 aromatic rings. The highest BCUT2D eigenvalue weighted by Gasteiger charge is 2.29. The van der Waals surface area contributed by atoms with Crippen molar-refractivity contribution in [3.05, 3.63) is 104 Å². The molecule has 0 bridgehead atoms. The van der Waals surface area contributed by atoms with E-state index in [0.717, 1.165) is 53.4 Å². The van der Waals surface area contributed by atoms with Crippen LogP contribution < -0.4 is 5.32 Å². The number of benzene rings is 2. The predicted molar refractivity (Wildman–Crippen MR) is 147 cm³/mol. The Bertz CT molecular complexity index is 1510. The molecule has 2 aliphatic heterocycles. The zero-order valence-corrected chi connectivity index (χ0v) is 21.7. The van der Waals surface area contributed by atoms with Crippen LogP contribution in [-0.2, 0) is 37.5 Å². The van der Waals surface area contributed by atoms with Crippen LogP contribution in [0.15, 0.2) is 60.8 Å². The van der Waals surface area contributed by atoms with Crippen LogP contribution in [0.3, 0.4) is 0 Å². The molecule has 1 N–H and O–H groups in total. The first kappa shape index (κ1) is 24.2. The number of rotatable bonds is 5. The third kappa shape index (κ3) is 4.90. The maximum Gasteiger partial charge on any atom is 0.326 e. The molecule has 0 aliphatic carbocycles. The van der Waals surface area contributed by atoms with Crippen LogP contribution in [-0.4, -0.2) is 33.6 Å². The first-order valence-electron chi connectivity index (χ1n) is 12.3. The van der Waals surface area contributed by atoms with Gasteiger partial charge in [-0.05, 0) is 58.1 Å². The van der Waals surface area contributed by atoms with Crippen molar-refractivity contribution < 1.29 is 9.53 Å². The lowest BCUT2D eigenvalue weighted by Crippen LogP contribution is -2.34. The fourth-order valence-corrected chi connectivity index (χ4v) is 5.62. The minimum atomic E-state index is -0.130. The highest BCUT2D eigenvalue weighted by atomic mass is 35.5. The molecule has 2 aromatic heterocycles. The van der Waals surface area contributed by atoms with Gasteiger partial charge in [0.1, 0.15) is 5.15 Å². The molecule has 4 heterocycles. The average molecular weight is 533 g/mol. The maximum absolute atomic E-state index is 13.5. The van der Waals surface area contributed by atoms with E-state index in [1.54, 1.807) is 12.3 Å². The van der Waals surface area contributed by atoms with E-state index >= 15 is 0 Å². The third-order valence-electron chi connectivity index (χ3n) is 7.08. The Morgan fingerprint density at radius 3 is 2.78 bits per heavy atom. The van der Waals surface area contributed by atoms with Crippen LogP contribution in [0.4, 0.5) is 4.79 Å². The van der Waals surface area contributed by atoms with E-state index in [9.17, 15) is 4.79 Å². The number of pyridine rings is 1. The van der Waals surface area contributed by atoms with Crippen molar-refractivity contribution >= 4 is 46.2 Å². The van der Waals surface area contributed by atoms with Crippen molar-refractivity contribution in [3.8, 4) is 0 Å². The lowest BCUT2D eigenvalue weighted by Gasteiger charge is -2.27. The molecule has 2 aromatic carbocycles. The second-order valence-electron chi connectivity index (χ2n) is 9.44. The summed E-state index contributed by atoms with van der Waals surface area (Å²) in [5.74, 6) is 0. The van der Waals surface area contributed by atoms with Gasteiger partial charge >= 0.3 is 6.03 Å². The van der Waals surface area contributed by atoms with Gasteiger partial charge in [-0.1, -0.05) is 53.6 Å². The monoisotopic (exact) mass is 532 g/mol. The zero-order valence-electron chi connectivity index (χ0n) is 20.2. The number of ether oxygens (including phenoxy) is 1. The summed E-state index contributed by atoms with van der Waals surface area (Å²) in [5.41, 5.74) is 7.70. The molecule has 0 saturated carbocycles.